The van der Waals surface area contributed by atoms with E-state index in [-0.39, 0.29) is 0 Å². The van der Waals surface area contributed by atoms with Gasteiger partial charge in [0.15, 0.2) is 0 Å². The Kier molecular flexibility index (Phi) is 10.1. The summed E-state index contributed by atoms with van der Waals surface area (Å²) in [7, 11) is 0. The summed E-state index contributed by atoms with van der Waals surface area (Å²) in [5.41, 5.74) is 1.04. The molecule has 0 radical (unpaired) electrons. The van der Waals surface area contributed by atoms with Crippen molar-refractivity contribution in [3.05, 3.63) is 59.7 Å². The van der Waals surface area contributed by atoms with Gasteiger partial charge >= 0.3 is 0 Å². The normalized spacial score (nSPS) is 35.0. The Hall–Kier alpha value is -2.36. The van der Waals surface area contributed by atoms with Crippen molar-refractivity contribution in [2.24, 2.45) is 0 Å². The van der Waals surface area contributed by atoms with Crippen molar-refractivity contribution in [2.45, 2.75) is 67.5 Å². The second-order valence-electron chi connectivity index (χ2n) is 9.69. The predicted molar refractivity (Wildman–Crippen MR) is 134 cm³/mol. The minimum atomic E-state index is -1.47. The lowest BCUT2D eigenvalue weighted by Crippen LogP contribution is -2.55. The Morgan fingerprint density at radius 3 is 1.36 bits per heavy atom. The summed E-state index contributed by atoms with van der Waals surface area (Å²) in [6, 6.07) is 13.5. The van der Waals surface area contributed by atoms with Crippen molar-refractivity contribution in [3.8, 4) is 11.5 Å². The molecule has 2 fully saturated rings. The van der Waals surface area contributed by atoms with Crippen LogP contribution < -0.4 is 9.47 Å². The maximum absolute atomic E-state index is 10.4. The Bertz CT molecular complexity index is 967. The molecular weight excluding hydrogens is 516 g/mol. The van der Waals surface area contributed by atoms with Gasteiger partial charge in [-0.05, 0) is 35.4 Å². The van der Waals surface area contributed by atoms with E-state index in [1.807, 2.05) is 0 Å². The van der Waals surface area contributed by atoms with Gasteiger partial charge in [-0.25, -0.2) is 0 Å². The molecule has 2 aromatic rings. The molecular formula is C27H36O12. The van der Waals surface area contributed by atoms with Gasteiger partial charge < -0.3 is 59.8 Å². The highest BCUT2D eigenvalue weighted by atomic mass is 16.6. The van der Waals surface area contributed by atoms with E-state index in [9.17, 15) is 40.9 Å². The van der Waals surface area contributed by atoms with Gasteiger partial charge in [-0.1, -0.05) is 24.3 Å². The van der Waals surface area contributed by atoms with Crippen LogP contribution in [0.4, 0.5) is 0 Å². The molecule has 12 nitrogen and oxygen atoms in total. The summed E-state index contributed by atoms with van der Waals surface area (Å²) in [5, 5.41) is 79.6. The van der Waals surface area contributed by atoms with Crippen LogP contribution >= 0.6 is 0 Å². The highest BCUT2D eigenvalue weighted by Crippen LogP contribution is 2.35. The van der Waals surface area contributed by atoms with Crippen molar-refractivity contribution in [1.29, 1.82) is 0 Å². The summed E-state index contributed by atoms with van der Waals surface area (Å²) < 4.78 is 22.8. The van der Waals surface area contributed by atoms with Crippen molar-refractivity contribution < 1.29 is 59.8 Å². The minimum Gasteiger partial charge on any atom is -0.493 e. The summed E-state index contributed by atoms with van der Waals surface area (Å²) in [4.78, 5) is 0. The molecule has 10 atom stereocenters. The first-order valence-electron chi connectivity index (χ1n) is 12.8. The third-order valence-electron chi connectivity index (χ3n) is 6.98. The van der Waals surface area contributed by atoms with E-state index in [0.29, 0.717) is 42.3 Å². The summed E-state index contributed by atoms with van der Waals surface area (Å²) >= 11 is 0. The van der Waals surface area contributed by atoms with Crippen LogP contribution in [0.25, 0.3) is 0 Å². The summed E-state index contributed by atoms with van der Waals surface area (Å²) in [5.74, 6) is 0.989. The monoisotopic (exact) mass is 552 g/mol. The molecule has 0 saturated carbocycles. The Balaban J connectivity index is 1.28. The van der Waals surface area contributed by atoms with Crippen molar-refractivity contribution >= 4 is 0 Å². The lowest BCUT2D eigenvalue weighted by molar-refractivity contribution is -0.231. The van der Waals surface area contributed by atoms with E-state index in [1.165, 1.54) is 0 Å². The molecule has 10 unspecified atom stereocenters. The van der Waals surface area contributed by atoms with E-state index in [0.717, 1.165) is 0 Å². The zero-order valence-electron chi connectivity index (χ0n) is 21.1. The maximum Gasteiger partial charge on any atom is 0.119 e. The number of ether oxygens (including phenoxy) is 4. The Morgan fingerprint density at radius 2 is 0.974 bits per heavy atom. The van der Waals surface area contributed by atoms with Gasteiger partial charge in [0.25, 0.3) is 0 Å². The second-order valence-corrected chi connectivity index (χ2v) is 9.69. The largest absolute Gasteiger partial charge is 0.493 e. The van der Waals surface area contributed by atoms with E-state index in [1.54, 1.807) is 48.5 Å². The van der Waals surface area contributed by atoms with Crippen molar-refractivity contribution in [2.75, 3.05) is 26.4 Å². The van der Waals surface area contributed by atoms with Gasteiger partial charge in [0.1, 0.15) is 72.5 Å². The molecule has 4 rings (SSSR count). The van der Waals surface area contributed by atoms with Crippen LogP contribution in [0.15, 0.2) is 48.5 Å². The summed E-state index contributed by atoms with van der Waals surface area (Å²) in [6.07, 6.45) is -12.0. The first-order chi connectivity index (χ1) is 18.7. The molecule has 0 spiro atoms. The van der Waals surface area contributed by atoms with Crippen LogP contribution in [0.5, 0.6) is 11.5 Å². The molecule has 2 aliphatic heterocycles. The second kappa shape index (κ2) is 13.3. The van der Waals surface area contributed by atoms with Gasteiger partial charge in [0.2, 0.25) is 0 Å². The molecule has 0 aliphatic carbocycles. The Morgan fingerprint density at radius 1 is 0.564 bits per heavy atom. The van der Waals surface area contributed by atoms with Crippen molar-refractivity contribution in [3.63, 3.8) is 0 Å². The van der Waals surface area contributed by atoms with Gasteiger partial charge in [0, 0.05) is 6.42 Å². The molecule has 12 heteroatoms. The molecule has 216 valence electrons. The zero-order chi connectivity index (χ0) is 28.1. The molecule has 2 aromatic carbocycles. The van der Waals surface area contributed by atoms with E-state index >= 15 is 0 Å². The third kappa shape index (κ3) is 6.69. The smallest absolute Gasteiger partial charge is 0.119 e. The van der Waals surface area contributed by atoms with Crippen molar-refractivity contribution in [1.82, 2.24) is 0 Å². The zero-order valence-corrected chi connectivity index (χ0v) is 21.1. The standard InChI is InChI=1S/C27H36O12/c28-12-18-20(30)22(32)24(34)26(38-18)14-4-1-6-16(10-14)36-8-3-9-37-17-7-2-5-15(11-17)27-25(35)23(33)21(31)19(13-29)39-27/h1-2,4-7,10-11,18-35H,3,8-9,12-13H2. The summed E-state index contributed by atoms with van der Waals surface area (Å²) in [6.45, 7) is -0.429. The highest BCUT2D eigenvalue weighted by Gasteiger charge is 2.45. The molecule has 39 heavy (non-hydrogen) atoms. The maximum atomic E-state index is 10.4. The van der Waals surface area contributed by atoms with Crippen LogP contribution in [-0.4, -0.2) is 116 Å². The van der Waals surface area contributed by atoms with Gasteiger partial charge in [-0.2, -0.15) is 0 Å². The average Bonchev–Trinajstić information content (AvgIpc) is 2.95. The quantitative estimate of drug-likeness (QED) is 0.160. The SMILES string of the molecule is OCC1OC(c2cccc(OCCCOc3cccc(C4OC(CO)C(O)C(O)C4O)c3)c2)C(O)C(O)C1O. The molecule has 2 saturated heterocycles. The van der Waals surface area contributed by atoms with E-state index < -0.39 is 74.3 Å². The fraction of sp³-hybridized carbons (Fsp3) is 0.556. The lowest BCUT2D eigenvalue weighted by Gasteiger charge is -2.40. The number of aliphatic hydroxyl groups is 8. The molecule has 0 amide bonds. The fourth-order valence-corrected chi connectivity index (χ4v) is 4.76. The molecule has 2 heterocycles. The molecule has 8 N–H and O–H groups in total. The van der Waals surface area contributed by atoms with E-state index in [2.05, 4.69) is 0 Å². The van der Waals surface area contributed by atoms with Crippen LogP contribution in [0, 0.1) is 0 Å². The molecule has 0 aromatic heterocycles. The first-order valence-corrected chi connectivity index (χ1v) is 12.8. The van der Waals surface area contributed by atoms with Crippen LogP contribution in [0.3, 0.4) is 0 Å². The number of hydrogen-bond acceptors (Lipinski definition) is 12. The number of hydrogen-bond donors (Lipinski definition) is 8. The van der Waals surface area contributed by atoms with Crippen LogP contribution in [0.2, 0.25) is 0 Å². The van der Waals surface area contributed by atoms with Crippen LogP contribution in [-0.2, 0) is 9.47 Å². The highest BCUT2D eigenvalue weighted by molar-refractivity contribution is 5.32. The van der Waals surface area contributed by atoms with Gasteiger partial charge in [-0.15, -0.1) is 0 Å². The topological polar surface area (TPSA) is 199 Å². The van der Waals surface area contributed by atoms with Gasteiger partial charge in [-0.3, -0.25) is 0 Å². The average molecular weight is 553 g/mol. The molecule has 0 bridgehead atoms. The predicted octanol–water partition coefficient (Wildman–Crippen LogP) is -1.44. The number of rotatable bonds is 10. The number of aliphatic hydroxyl groups excluding tert-OH is 8. The Labute approximate surface area is 225 Å². The third-order valence-corrected chi connectivity index (χ3v) is 6.98. The number of benzene rings is 2. The van der Waals surface area contributed by atoms with E-state index in [4.69, 9.17) is 18.9 Å². The van der Waals surface area contributed by atoms with Crippen LogP contribution in [0.1, 0.15) is 29.8 Å². The minimum absolute atomic E-state index is 0.296. The first kappa shape index (κ1) is 29.6. The molecule has 2 aliphatic rings. The van der Waals surface area contributed by atoms with Gasteiger partial charge in [0.05, 0.1) is 26.4 Å². The fourth-order valence-electron chi connectivity index (χ4n) is 4.76. The lowest BCUT2D eigenvalue weighted by atomic mass is 9.91.